The third kappa shape index (κ3) is 103. The lowest BCUT2D eigenvalue weighted by molar-refractivity contribution is -0.132. The fourth-order valence-corrected chi connectivity index (χ4v) is 0. The average Bonchev–Trinajstić information content (AvgIpc) is 2.19. The predicted molar refractivity (Wildman–Crippen MR) is 51.5 cm³/mol. The Morgan fingerprint density at radius 3 is 1.21 bits per heavy atom. The number of hydrogen-bond acceptors (Lipinski definition) is 3. The maximum Gasteiger partial charge on any atom is 0.327 e. The molecule has 0 bridgehead atoms. The summed E-state index contributed by atoms with van der Waals surface area (Å²) >= 11 is 0. The molecule has 0 aliphatic carbocycles. The Hall–Kier alpha value is -2.35. The number of allylic oxidation sites excluding steroid dienone is 1. The number of carboxylic acid groups (broad SMARTS) is 2. The van der Waals surface area contributed by atoms with Crippen LogP contribution in [-0.4, -0.2) is 22.2 Å². The lowest BCUT2D eigenvalue weighted by atomic mass is 10.7. The van der Waals surface area contributed by atoms with Gasteiger partial charge in [-0.1, -0.05) is 19.7 Å². The molecule has 0 fully saturated rings. The summed E-state index contributed by atoms with van der Waals surface area (Å²) in [6.45, 7) is 9.04. The third-order valence-corrected chi connectivity index (χ3v) is 0.441. The van der Waals surface area contributed by atoms with Crippen molar-refractivity contribution in [1.82, 2.24) is 0 Å². The van der Waals surface area contributed by atoms with Gasteiger partial charge in [0.2, 0.25) is 0 Å². The van der Waals surface area contributed by atoms with Gasteiger partial charge in [-0.25, -0.2) is 9.59 Å². The Balaban J connectivity index is -0.000000131. The van der Waals surface area contributed by atoms with E-state index in [9.17, 15) is 9.59 Å². The van der Waals surface area contributed by atoms with E-state index in [2.05, 4.69) is 19.7 Å². The zero-order valence-corrected chi connectivity index (χ0v) is 7.51. The van der Waals surface area contributed by atoms with Gasteiger partial charge < -0.3 is 10.2 Å². The third-order valence-electron chi connectivity index (χ3n) is 0.441. The Bertz CT molecular complexity index is 232. The first-order valence-electron chi connectivity index (χ1n) is 3.17. The van der Waals surface area contributed by atoms with Crippen LogP contribution in [0.2, 0.25) is 0 Å². The molecule has 5 heteroatoms. The first kappa shape index (κ1) is 17.7. The molecule has 14 heavy (non-hydrogen) atoms. The van der Waals surface area contributed by atoms with E-state index in [0.717, 1.165) is 12.2 Å². The van der Waals surface area contributed by atoms with Gasteiger partial charge >= 0.3 is 11.9 Å². The number of rotatable bonds is 2. The van der Waals surface area contributed by atoms with Gasteiger partial charge in [0.05, 0.1) is 6.07 Å². The van der Waals surface area contributed by atoms with Gasteiger partial charge in [-0.15, -0.1) is 0 Å². The van der Waals surface area contributed by atoms with Crippen LogP contribution in [0.1, 0.15) is 0 Å². The Morgan fingerprint density at radius 1 is 1.07 bits per heavy atom. The summed E-state index contributed by atoms with van der Waals surface area (Å²) in [6, 6.07) is 1.69. The van der Waals surface area contributed by atoms with E-state index in [-0.39, 0.29) is 0 Å². The quantitative estimate of drug-likeness (QED) is 0.512. The van der Waals surface area contributed by atoms with Crippen LogP contribution in [0.5, 0.6) is 0 Å². The monoisotopic (exact) mass is 197 g/mol. The number of hydrogen-bond donors (Lipinski definition) is 2. The average molecular weight is 197 g/mol. The second-order valence-corrected chi connectivity index (χ2v) is 1.42. The van der Waals surface area contributed by atoms with Crippen LogP contribution in [0.3, 0.4) is 0 Å². The molecule has 0 radical (unpaired) electrons. The van der Waals surface area contributed by atoms with Crippen molar-refractivity contribution in [2.45, 2.75) is 0 Å². The van der Waals surface area contributed by atoms with Crippen molar-refractivity contribution >= 4 is 11.9 Å². The molecule has 0 aliphatic heterocycles. The fourth-order valence-electron chi connectivity index (χ4n) is 0. The number of nitriles is 1. The first-order valence-corrected chi connectivity index (χ1v) is 3.17. The van der Waals surface area contributed by atoms with Crippen molar-refractivity contribution in [1.29, 1.82) is 5.26 Å². The molecule has 0 aromatic heterocycles. The van der Waals surface area contributed by atoms with Crippen molar-refractivity contribution in [3.05, 3.63) is 38.0 Å². The standard InChI is InChI=1S/C3H3N.2C3H4O2/c1-2-3-4;2*1-2-3(4)5/h2H,1H2;2*2H,1H2,(H,4,5). The highest BCUT2D eigenvalue weighted by Gasteiger charge is 1.73. The summed E-state index contributed by atoms with van der Waals surface area (Å²) < 4.78 is 0. The minimum absolute atomic E-state index is 0.833. The zero-order chi connectivity index (χ0) is 12.0. The largest absolute Gasteiger partial charge is 0.478 e. The van der Waals surface area contributed by atoms with E-state index in [1.54, 1.807) is 6.07 Å². The summed E-state index contributed by atoms with van der Waals surface area (Å²) in [6.07, 6.45) is 2.85. The van der Waals surface area contributed by atoms with Crippen molar-refractivity contribution in [3.63, 3.8) is 0 Å². The van der Waals surface area contributed by atoms with E-state index in [4.69, 9.17) is 15.5 Å². The van der Waals surface area contributed by atoms with Gasteiger partial charge in [0.15, 0.2) is 0 Å². The molecule has 0 aromatic carbocycles. The predicted octanol–water partition coefficient (Wildman–Crippen LogP) is 1.21. The summed E-state index contributed by atoms with van der Waals surface area (Å²) in [5.41, 5.74) is 0. The molecule has 76 valence electrons. The molecule has 0 heterocycles. The molecular weight excluding hydrogens is 186 g/mol. The maximum absolute atomic E-state index is 9.25. The smallest absolute Gasteiger partial charge is 0.327 e. The maximum atomic E-state index is 9.25. The van der Waals surface area contributed by atoms with Crippen molar-refractivity contribution in [2.75, 3.05) is 0 Å². The highest BCUT2D eigenvalue weighted by atomic mass is 16.4. The molecule has 2 N–H and O–H groups in total. The molecule has 0 rings (SSSR count). The van der Waals surface area contributed by atoms with E-state index in [1.807, 2.05) is 0 Å². The number of carboxylic acids is 2. The van der Waals surface area contributed by atoms with Crippen molar-refractivity contribution in [3.8, 4) is 6.07 Å². The van der Waals surface area contributed by atoms with Crippen LogP contribution in [0.15, 0.2) is 38.0 Å². The summed E-state index contributed by atoms with van der Waals surface area (Å²) in [7, 11) is 0. The molecule has 0 atom stereocenters. The van der Waals surface area contributed by atoms with E-state index in [1.165, 1.54) is 6.08 Å². The second kappa shape index (κ2) is 16.9. The topological polar surface area (TPSA) is 98.4 Å². The first-order chi connectivity index (χ1) is 6.45. The van der Waals surface area contributed by atoms with Gasteiger partial charge in [-0.2, -0.15) is 5.26 Å². The van der Waals surface area contributed by atoms with Crippen LogP contribution >= 0.6 is 0 Å². The molecule has 0 aromatic rings. The highest BCUT2D eigenvalue weighted by molar-refractivity contribution is 5.79. The fraction of sp³-hybridized carbons (Fsp3) is 0. The Kier molecular flexibility index (Phi) is 21.4. The minimum atomic E-state index is -0.981. The second-order valence-electron chi connectivity index (χ2n) is 1.42. The zero-order valence-electron chi connectivity index (χ0n) is 7.51. The lowest BCUT2D eigenvalue weighted by Gasteiger charge is -1.64. The highest BCUT2D eigenvalue weighted by Crippen LogP contribution is 1.55. The molecule has 0 saturated carbocycles. The van der Waals surface area contributed by atoms with Gasteiger partial charge in [0.1, 0.15) is 0 Å². The normalized spacial score (nSPS) is 5.64. The van der Waals surface area contributed by atoms with Gasteiger partial charge in [-0.05, 0) is 0 Å². The molecule has 0 amide bonds. The Morgan fingerprint density at radius 2 is 1.21 bits per heavy atom. The SMILES string of the molecule is C=CC#N.C=CC(=O)O.C=CC(=O)O. The Labute approximate surface area is 81.9 Å². The molecule has 0 saturated heterocycles. The molecule has 0 aliphatic rings. The molecule has 0 spiro atoms. The molecule has 0 unspecified atom stereocenters. The summed E-state index contributed by atoms with van der Waals surface area (Å²) in [5, 5.41) is 22.7. The molecular formula is C9H11NO4. The number of nitrogens with zero attached hydrogens (tertiary/aromatic N) is 1. The van der Waals surface area contributed by atoms with Crippen LogP contribution in [-0.2, 0) is 9.59 Å². The van der Waals surface area contributed by atoms with E-state index in [0.29, 0.717) is 0 Å². The van der Waals surface area contributed by atoms with Gasteiger partial charge in [0.25, 0.3) is 0 Å². The lowest BCUT2D eigenvalue weighted by Crippen LogP contribution is -1.82. The van der Waals surface area contributed by atoms with Crippen LogP contribution in [0, 0.1) is 11.3 Å². The number of aliphatic carboxylic acids is 2. The van der Waals surface area contributed by atoms with Crippen LogP contribution < -0.4 is 0 Å². The summed E-state index contributed by atoms with van der Waals surface area (Å²) in [5.74, 6) is -1.96. The van der Waals surface area contributed by atoms with Crippen LogP contribution in [0.25, 0.3) is 0 Å². The number of carbonyl (C=O) groups is 2. The van der Waals surface area contributed by atoms with Gasteiger partial charge in [-0.3, -0.25) is 0 Å². The van der Waals surface area contributed by atoms with E-state index >= 15 is 0 Å². The van der Waals surface area contributed by atoms with Gasteiger partial charge in [0, 0.05) is 18.2 Å². The summed E-state index contributed by atoms with van der Waals surface area (Å²) in [4.78, 5) is 18.5. The minimum Gasteiger partial charge on any atom is -0.478 e. The van der Waals surface area contributed by atoms with Crippen LogP contribution in [0.4, 0.5) is 0 Å². The van der Waals surface area contributed by atoms with E-state index < -0.39 is 11.9 Å². The molecule has 5 nitrogen and oxygen atoms in total. The van der Waals surface area contributed by atoms with Crippen molar-refractivity contribution < 1.29 is 19.8 Å². The van der Waals surface area contributed by atoms with Crippen molar-refractivity contribution in [2.24, 2.45) is 0 Å².